The number of esters is 1. The first-order chi connectivity index (χ1) is 9.19. The van der Waals surface area contributed by atoms with E-state index < -0.39 is 10.8 Å². The Balaban J connectivity index is 1.97. The summed E-state index contributed by atoms with van der Waals surface area (Å²) in [5.74, 6) is 1.31. The average Bonchev–Trinajstić information content (AvgIpc) is 2.94. The molecule has 1 aromatic rings. The van der Waals surface area contributed by atoms with Gasteiger partial charge in [-0.3, -0.25) is 9.00 Å². The lowest BCUT2D eigenvalue weighted by molar-refractivity contribution is -0.141. The molecular formula is C13H19NO3S2. The summed E-state index contributed by atoms with van der Waals surface area (Å²) in [5.41, 5.74) is 0. The van der Waals surface area contributed by atoms with Gasteiger partial charge < -0.3 is 10.1 Å². The molecule has 6 heteroatoms. The molecule has 1 fully saturated rings. The molecule has 0 aliphatic carbocycles. The van der Waals surface area contributed by atoms with Gasteiger partial charge >= 0.3 is 5.97 Å². The van der Waals surface area contributed by atoms with Gasteiger partial charge in [-0.1, -0.05) is 6.07 Å². The van der Waals surface area contributed by atoms with E-state index >= 15 is 0 Å². The third-order valence-corrected chi connectivity index (χ3v) is 5.68. The van der Waals surface area contributed by atoms with E-state index in [2.05, 4.69) is 5.32 Å². The number of carbonyl (C=O) groups excluding carboxylic acids is 1. The van der Waals surface area contributed by atoms with Crippen molar-refractivity contribution in [2.75, 3.05) is 18.6 Å². The Bertz CT molecular complexity index is 423. The molecule has 19 heavy (non-hydrogen) atoms. The first-order valence-electron chi connectivity index (χ1n) is 6.40. The summed E-state index contributed by atoms with van der Waals surface area (Å²) in [5, 5.41) is 5.53. The van der Waals surface area contributed by atoms with Crippen molar-refractivity contribution in [3.8, 4) is 0 Å². The molecule has 2 heterocycles. The molecule has 1 N–H and O–H groups in total. The fourth-order valence-corrected chi connectivity index (χ4v) is 4.31. The number of hydrogen-bond acceptors (Lipinski definition) is 5. The van der Waals surface area contributed by atoms with Gasteiger partial charge in [0.05, 0.1) is 19.6 Å². The number of methoxy groups -OCH3 is 1. The summed E-state index contributed by atoms with van der Waals surface area (Å²) in [6.45, 7) is 0. The molecule has 2 rings (SSSR count). The maximum absolute atomic E-state index is 11.5. The van der Waals surface area contributed by atoms with Crippen molar-refractivity contribution in [3.63, 3.8) is 0 Å². The predicted molar refractivity (Wildman–Crippen MR) is 77.7 cm³/mol. The van der Waals surface area contributed by atoms with Crippen LogP contribution in [0.5, 0.6) is 0 Å². The van der Waals surface area contributed by atoms with Gasteiger partial charge in [0.1, 0.15) is 0 Å². The van der Waals surface area contributed by atoms with Crippen molar-refractivity contribution in [1.82, 2.24) is 5.32 Å². The van der Waals surface area contributed by atoms with Crippen molar-refractivity contribution in [3.05, 3.63) is 22.4 Å². The van der Waals surface area contributed by atoms with Crippen LogP contribution in [-0.4, -0.2) is 34.8 Å². The molecule has 0 bridgehead atoms. The number of hydrogen-bond donors (Lipinski definition) is 1. The molecule has 0 aromatic carbocycles. The Morgan fingerprint density at radius 3 is 2.89 bits per heavy atom. The van der Waals surface area contributed by atoms with E-state index in [1.54, 1.807) is 11.3 Å². The zero-order chi connectivity index (χ0) is 13.7. The lowest BCUT2D eigenvalue weighted by Gasteiger charge is -2.27. The van der Waals surface area contributed by atoms with Crippen LogP contribution in [-0.2, 0) is 20.3 Å². The second-order valence-corrected chi connectivity index (χ2v) is 7.31. The molecule has 4 nitrogen and oxygen atoms in total. The van der Waals surface area contributed by atoms with E-state index in [4.69, 9.17) is 4.74 Å². The molecule has 1 unspecified atom stereocenters. The minimum atomic E-state index is -0.654. The minimum Gasteiger partial charge on any atom is -0.469 e. The summed E-state index contributed by atoms with van der Waals surface area (Å²) < 4.78 is 16.1. The summed E-state index contributed by atoms with van der Waals surface area (Å²) in [6.07, 6.45) is 2.17. The van der Waals surface area contributed by atoms with Gasteiger partial charge in [0.15, 0.2) is 0 Å². The van der Waals surface area contributed by atoms with Crippen molar-refractivity contribution in [2.24, 2.45) is 0 Å². The van der Waals surface area contributed by atoms with E-state index in [0.29, 0.717) is 12.5 Å². The Morgan fingerprint density at radius 1 is 1.58 bits per heavy atom. The Hall–Kier alpha value is -0.720. The van der Waals surface area contributed by atoms with E-state index in [0.717, 1.165) is 29.2 Å². The second kappa shape index (κ2) is 7.17. The number of thiophene rings is 1. The second-order valence-electron chi connectivity index (χ2n) is 4.64. The maximum Gasteiger partial charge on any atom is 0.307 e. The fourth-order valence-electron chi connectivity index (χ4n) is 2.23. The highest BCUT2D eigenvalue weighted by Gasteiger charge is 2.24. The Morgan fingerprint density at radius 2 is 2.32 bits per heavy atom. The van der Waals surface area contributed by atoms with Crippen LogP contribution in [0, 0.1) is 0 Å². The topological polar surface area (TPSA) is 55.4 Å². The quantitative estimate of drug-likeness (QED) is 0.843. The van der Waals surface area contributed by atoms with Crippen LogP contribution >= 0.6 is 11.3 Å². The molecule has 1 aliphatic heterocycles. The van der Waals surface area contributed by atoms with E-state index in [1.807, 2.05) is 17.5 Å². The average molecular weight is 301 g/mol. The van der Waals surface area contributed by atoms with Crippen LogP contribution in [0.1, 0.15) is 30.2 Å². The van der Waals surface area contributed by atoms with Crippen LogP contribution in [0.2, 0.25) is 0 Å². The van der Waals surface area contributed by atoms with Crippen LogP contribution in [0.25, 0.3) is 0 Å². The number of carbonyl (C=O) groups is 1. The minimum absolute atomic E-state index is 0.00369. The summed E-state index contributed by atoms with van der Waals surface area (Å²) >= 11 is 1.64. The maximum atomic E-state index is 11.5. The molecule has 0 amide bonds. The number of rotatable bonds is 5. The van der Waals surface area contributed by atoms with Gasteiger partial charge in [0.2, 0.25) is 0 Å². The smallest absolute Gasteiger partial charge is 0.307 e. The monoisotopic (exact) mass is 301 g/mol. The molecule has 1 atom stereocenters. The largest absolute Gasteiger partial charge is 0.469 e. The van der Waals surface area contributed by atoms with Gasteiger partial charge in [-0.2, -0.15) is 0 Å². The molecule has 106 valence electrons. The molecule has 1 aliphatic rings. The molecule has 0 saturated carbocycles. The Labute approximate surface area is 120 Å². The lowest BCUT2D eigenvalue weighted by Crippen LogP contribution is -2.38. The highest BCUT2D eigenvalue weighted by Crippen LogP contribution is 2.24. The van der Waals surface area contributed by atoms with Crippen LogP contribution in [0.15, 0.2) is 17.5 Å². The SMILES string of the molecule is COC(=O)CC(NC1CCS(=O)CC1)c1cccs1. The summed E-state index contributed by atoms with van der Waals surface area (Å²) in [4.78, 5) is 12.7. The van der Waals surface area contributed by atoms with Crippen LogP contribution < -0.4 is 5.32 Å². The first kappa shape index (κ1) is 14.7. The van der Waals surface area contributed by atoms with Crippen LogP contribution in [0.3, 0.4) is 0 Å². The van der Waals surface area contributed by atoms with Crippen molar-refractivity contribution in [2.45, 2.75) is 31.3 Å². The zero-order valence-electron chi connectivity index (χ0n) is 11.0. The number of ether oxygens (including phenoxy) is 1. The highest BCUT2D eigenvalue weighted by molar-refractivity contribution is 7.85. The standard InChI is InChI=1S/C13H19NO3S2/c1-17-13(15)9-11(12-3-2-6-18-12)14-10-4-7-19(16)8-5-10/h2-3,6,10-11,14H,4-5,7-9H2,1H3. The van der Waals surface area contributed by atoms with Gasteiger partial charge in [0.25, 0.3) is 0 Å². The van der Waals surface area contributed by atoms with Gasteiger partial charge in [0, 0.05) is 33.2 Å². The van der Waals surface area contributed by atoms with Gasteiger partial charge in [-0.05, 0) is 24.3 Å². The van der Waals surface area contributed by atoms with E-state index in [9.17, 15) is 9.00 Å². The predicted octanol–water partition coefficient (Wildman–Crippen LogP) is 1.85. The third kappa shape index (κ3) is 4.40. The fraction of sp³-hybridized carbons (Fsp3) is 0.615. The first-order valence-corrected chi connectivity index (χ1v) is 8.77. The van der Waals surface area contributed by atoms with Crippen molar-refractivity contribution >= 4 is 28.1 Å². The zero-order valence-corrected chi connectivity index (χ0v) is 12.6. The molecular weight excluding hydrogens is 282 g/mol. The molecule has 0 radical (unpaired) electrons. The van der Waals surface area contributed by atoms with Crippen molar-refractivity contribution < 1.29 is 13.7 Å². The van der Waals surface area contributed by atoms with E-state index in [-0.39, 0.29) is 12.0 Å². The van der Waals surface area contributed by atoms with Crippen molar-refractivity contribution in [1.29, 1.82) is 0 Å². The molecule has 1 saturated heterocycles. The summed E-state index contributed by atoms with van der Waals surface area (Å²) in [7, 11) is 0.760. The molecule has 1 aromatic heterocycles. The highest BCUT2D eigenvalue weighted by atomic mass is 32.2. The van der Waals surface area contributed by atoms with Crippen LogP contribution in [0.4, 0.5) is 0 Å². The lowest BCUT2D eigenvalue weighted by atomic mass is 10.1. The van der Waals surface area contributed by atoms with E-state index in [1.165, 1.54) is 7.11 Å². The third-order valence-electron chi connectivity index (χ3n) is 3.31. The molecule has 0 spiro atoms. The normalized spacial score (nSPS) is 24.9. The van der Waals surface area contributed by atoms with Gasteiger partial charge in [-0.25, -0.2) is 0 Å². The number of nitrogens with one attached hydrogen (secondary N) is 1. The Kier molecular flexibility index (Phi) is 5.54. The summed E-state index contributed by atoms with van der Waals surface area (Å²) in [6, 6.07) is 4.37. The van der Waals surface area contributed by atoms with Gasteiger partial charge in [-0.15, -0.1) is 11.3 Å².